The van der Waals surface area contributed by atoms with E-state index in [0.29, 0.717) is 11.6 Å². The first-order valence-electron chi connectivity index (χ1n) is 11.2. The minimum Gasteiger partial charge on any atom is -0.342 e. The van der Waals surface area contributed by atoms with Crippen molar-refractivity contribution < 1.29 is 9.72 Å². The fourth-order valence-electron chi connectivity index (χ4n) is 4.03. The quantitative estimate of drug-likeness (QED) is 0.199. The van der Waals surface area contributed by atoms with Crippen LogP contribution in [0.15, 0.2) is 89.2 Å². The Hall–Kier alpha value is -4.83. The number of amides is 1. The number of benzene rings is 3. The maximum Gasteiger partial charge on any atom is 0.271 e. The number of hydrogen-bond acceptors (Lipinski definition) is 6. The molecule has 0 bridgehead atoms. The van der Waals surface area contributed by atoms with Gasteiger partial charge in [-0.3, -0.25) is 24.3 Å². The van der Waals surface area contributed by atoms with Gasteiger partial charge in [0.15, 0.2) is 0 Å². The highest BCUT2D eigenvalue weighted by Crippen LogP contribution is 2.22. The van der Waals surface area contributed by atoms with Crippen molar-refractivity contribution in [2.75, 3.05) is 0 Å². The molecule has 5 aromatic rings. The third kappa shape index (κ3) is 5.09. The van der Waals surface area contributed by atoms with Gasteiger partial charge in [0, 0.05) is 46.4 Å². The average Bonchev–Trinajstić information content (AvgIpc) is 3.24. The number of para-hydroxylation sites is 1. The minimum absolute atomic E-state index is 0.168. The summed E-state index contributed by atoms with van der Waals surface area (Å²) in [6.45, 7) is 0.327. The van der Waals surface area contributed by atoms with Crippen molar-refractivity contribution in [2.24, 2.45) is 5.10 Å². The van der Waals surface area contributed by atoms with Crippen molar-refractivity contribution in [3.05, 3.63) is 116 Å². The van der Waals surface area contributed by atoms with Crippen LogP contribution in [0.3, 0.4) is 0 Å². The molecule has 3 aromatic carbocycles. The van der Waals surface area contributed by atoms with Crippen molar-refractivity contribution in [2.45, 2.75) is 13.1 Å². The van der Waals surface area contributed by atoms with Crippen LogP contribution in [-0.4, -0.2) is 31.2 Å². The standard InChI is InChI=1S/C26H19ClN6O4/c27-19-7-5-17(6-8-19)13-31-14-18(21-3-1-2-4-24(21)31)12-29-30-25(34)15-32-16-28-23-11-20(33(36)37)9-10-22(23)26(32)35/h1-12,14,16H,13,15H2,(H,30,34)/b29-12+. The van der Waals surface area contributed by atoms with E-state index in [4.69, 9.17) is 11.6 Å². The number of non-ortho nitro benzene ring substituents is 1. The second-order valence-electron chi connectivity index (χ2n) is 8.29. The van der Waals surface area contributed by atoms with Crippen LogP contribution < -0.4 is 11.0 Å². The van der Waals surface area contributed by atoms with Gasteiger partial charge in [0.2, 0.25) is 0 Å². The molecular formula is C26H19ClN6O4. The molecule has 0 fully saturated rings. The van der Waals surface area contributed by atoms with E-state index in [0.717, 1.165) is 26.6 Å². The first kappa shape index (κ1) is 23.9. The number of fused-ring (bicyclic) bond motifs is 2. The summed E-state index contributed by atoms with van der Waals surface area (Å²) in [5, 5.41) is 16.8. The molecule has 0 saturated heterocycles. The van der Waals surface area contributed by atoms with Crippen LogP contribution in [-0.2, 0) is 17.9 Å². The van der Waals surface area contributed by atoms with E-state index >= 15 is 0 Å². The fourth-order valence-corrected chi connectivity index (χ4v) is 4.16. The molecular weight excluding hydrogens is 496 g/mol. The first-order valence-corrected chi connectivity index (χ1v) is 11.5. The number of nitrogens with zero attached hydrogens (tertiary/aromatic N) is 5. The summed E-state index contributed by atoms with van der Waals surface area (Å²) in [5.74, 6) is -0.522. The number of nitro groups is 1. The lowest BCUT2D eigenvalue weighted by Crippen LogP contribution is -2.30. The van der Waals surface area contributed by atoms with Crippen molar-refractivity contribution in [3.8, 4) is 0 Å². The number of hydrazone groups is 1. The molecule has 10 nitrogen and oxygen atoms in total. The summed E-state index contributed by atoms with van der Waals surface area (Å²) in [6.07, 6.45) is 4.69. The van der Waals surface area contributed by atoms with Crippen LogP contribution in [0, 0.1) is 10.1 Å². The Bertz CT molecular complexity index is 1740. The number of nitrogens with one attached hydrogen (secondary N) is 1. The normalized spacial score (nSPS) is 11.4. The minimum atomic E-state index is -0.562. The Morgan fingerprint density at radius 2 is 1.86 bits per heavy atom. The first-order chi connectivity index (χ1) is 17.9. The van der Waals surface area contributed by atoms with E-state index in [-0.39, 0.29) is 23.1 Å². The summed E-state index contributed by atoms with van der Waals surface area (Å²) in [5.41, 5.74) is 4.89. The molecule has 2 aromatic heterocycles. The fraction of sp³-hybridized carbons (Fsp3) is 0.0769. The Balaban J connectivity index is 1.31. The van der Waals surface area contributed by atoms with E-state index < -0.39 is 16.4 Å². The molecule has 0 aliphatic heterocycles. The molecule has 0 aliphatic carbocycles. The average molecular weight is 515 g/mol. The van der Waals surface area contributed by atoms with Gasteiger partial charge in [0.1, 0.15) is 6.54 Å². The van der Waals surface area contributed by atoms with Gasteiger partial charge in [-0.05, 0) is 29.8 Å². The van der Waals surface area contributed by atoms with Gasteiger partial charge in [-0.25, -0.2) is 10.4 Å². The summed E-state index contributed by atoms with van der Waals surface area (Å²) in [7, 11) is 0. The summed E-state index contributed by atoms with van der Waals surface area (Å²) >= 11 is 5.99. The molecule has 11 heteroatoms. The van der Waals surface area contributed by atoms with Crippen LogP contribution in [0.4, 0.5) is 5.69 Å². The lowest BCUT2D eigenvalue weighted by Gasteiger charge is -2.05. The van der Waals surface area contributed by atoms with Gasteiger partial charge >= 0.3 is 0 Å². The van der Waals surface area contributed by atoms with E-state index in [1.54, 1.807) is 6.21 Å². The maximum absolute atomic E-state index is 12.7. The maximum atomic E-state index is 12.7. The number of halogens is 1. The van der Waals surface area contributed by atoms with Gasteiger partial charge in [-0.15, -0.1) is 0 Å². The largest absolute Gasteiger partial charge is 0.342 e. The lowest BCUT2D eigenvalue weighted by molar-refractivity contribution is -0.384. The van der Waals surface area contributed by atoms with Gasteiger partial charge < -0.3 is 4.57 Å². The van der Waals surface area contributed by atoms with E-state index in [1.165, 1.54) is 24.5 Å². The number of carbonyl (C=O) groups is 1. The van der Waals surface area contributed by atoms with Crippen LogP contribution in [0.2, 0.25) is 5.02 Å². The predicted molar refractivity (Wildman–Crippen MR) is 141 cm³/mol. The highest BCUT2D eigenvalue weighted by molar-refractivity contribution is 6.30. The number of carbonyl (C=O) groups excluding carboxylic acids is 1. The molecule has 0 aliphatic rings. The monoisotopic (exact) mass is 514 g/mol. The molecule has 0 unspecified atom stereocenters. The molecule has 0 atom stereocenters. The molecule has 0 radical (unpaired) electrons. The Morgan fingerprint density at radius 3 is 2.65 bits per heavy atom. The van der Waals surface area contributed by atoms with E-state index in [9.17, 15) is 19.7 Å². The topological polar surface area (TPSA) is 124 Å². The lowest BCUT2D eigenvalue weighted by atomic mass is 10.2. The third-order valence-corrected chi connectivity index (χ3v) is 6.06. The highest BCUT2D eigenvalue weighted by atomic mass is 35.5. The molecule has 0 spiro atoms. The van der Waals surface area contributed by atoms with Crippen molar-refractivity contribution in [3.63, 3.8) is 0 Å². The van der Waals surface area contributed by atoms with Crippen LogP contribution in [0.5, 0.6) is 0 Å². The van der Waals surface area contributed by atoms with Gasteiger partial charge in [0.25, 0.3) is 17.2 Å². The van der Waals surface area contributed by atoms with E-state index in [2.05, 4.69) is 20.1 Å². The van der Waals surface area contributed by atoms with Crippen LogP contribution >= 0.6 is 11.6 Å². The zero-order valence-corrected chi connectivity index (χ0v) is 20.0. The smallest absolute Gasteiger partial charge is 0.271 e. The molecule has 5 rings (SSSR count). The molecule has 2 heterocycles. The molecule has 37 heavy (non-hydrogen) atoms. The number of aromatic nitrogens is 3. The van der Waals surface area contributed by atoms with Crippen LogP contribution in [0.25, 0.3) is 21.8 Å². The number of hydrogen-bond donors (Lipinski definition) is 1. The second kappa shape index (κ2) is 10.0. The Kier molecular flexibility index (Phi) is 6.48. The van der Waals surface area contributed by atoms with Crippen molar-refractivity contribution in [1.82, 2.24) is 19.5 Å². The molecule has 1 amide bonds. The zero-order chi connectivity index (χ0) is 25.9. The number of rotatable bonds is 7. The molecule has 1 N–H and O–H groups in total. The van der Waals surface area contributed by atoms with Crippen LogP contribution in [0.1, 0.15) is 11.1 Å². The van der Waals surface area contributed by atoms with Gasteiger partial charge in [0.05, 0.1) is 28.4 Å². The molecule has 0 saturated carbocycles. The van der Waals surface area contributed by atoms with Gasteiger partial charge in [-0.1, -0.05) is 41.9 Å². The Morgan fingerprint density at radius 1 is 1.08 bits per heavy atom. The SMILES string of the molecule is O=C(Cn1cnc2cc([N+](=O)[O-])ccc2c1=O)N/N=C/c1cn(Cc2ccc(Cl)cc2)c2ccccc12. The van der Waals surface area contributed by atoms with Crippen molar-refractivity contribution >= 4 is 51.2 Å². The zero-order valence-electron chi connectivity index (χ0n) is 19.2. The summed E-state index contributed by atoms with van der Waals surface area (Å²) in [4.78, 5) is 39.6. The third-order valence-electron chi connectivity index (χ3n) is 5.81. The van der Waals surface area contributed by atoms with Crippen molar-refractivity contribution in [1.29, 1.82) is 0 Å². The second-order valence-corrected chi connectivity index (χ2v) is 8.72. The molecule has 184 valence electrons. The van der Waals surface area contributed by atoms with Gasteiger partial charge in [-0.2, -0.15) is 5.10 Å². The Labute approximate surface area is 214 Å². The van der Waals surface area contributed by atoms with E-state index in [1.807, 2.05) is 54.7 Å². The number of nitro benzene ring substituents is 1. The highest BCUT2D eigenvalue weighted by Gasteiger charge is 2.12. The summed E-state index contributed by atoms with van der Waals surface area (Å²) < 4.78 is 3.21. The summed E-state index contributed by atoms with van der Waals surface area (Å²) in [6, 6.07) is 19.3. The predicted octanol–water partition coefficient (Wildman–Crippen LogP) is 4.11.